The molecule has 246 valence electrons. The number of hydrogen-bond donors (Lipinski definition) is 0. The standard InChI is InChI=1S/C48H28BNO3/c1-6-16-40(50-41-17-7-2-12-33(41)34-13-3-8-18-42(34)50)32(11-1)30-22-24-45-39(26-30)49-48-38(36-15-5-10-20-44(36)53-49)25-31(28-47(48)52-45)29-21-23-37-35-14-4-9-19-43(35)51-46(37)27-29/h1-28H. The van der Waals surface area contributed by atoms with E-state index in [1.807, 2.05) is 18.2 Å². The first-order valence-electron chi connectivity index (χ1n) is 18.0. The van der Waals surface area contributed by atoms with Crippen LogP contribution in [0.4, 0.5) is 0 Å². The van der Waals surface area contributed by atoms with Crippen molar-refractivity contribution in [2.24, 2.45) is 0 Å². The molecule has 0 saturated heterocycles. The minimum atomic E-state index is -0.328. The number of fused-ring (bicyclic) bond motifs is 10. The Hall–Kier alpha value is -6.98. The zero-order valence-corrected chi connectivity index (χ0v) is 28.4. The second kappa shape index (κ2) is 10.8. The second-order valence-corrected chi connectivity index (χ2v) is 14.0. The van der Waals surface area contributed by atoms with E-state index in [4.69, 9.17) is 13.8 Å². The summed E-state index contributed by atoms with van der Waals surface area (Å²) in [6.07, 6.45) is 0. The maximum absolute atomic E-state index is 6.91. The molecule has 12 rings (SSSR count). The lowest BCUT2D eigenvalue weighted by molar-refractivity contribution is 0.479. The minimum Gasteiger partial charge on any atom is -0.551 e. The smallest absolute Gasteiger partial charge is 0.434 e. The second-order valence-electron chi connectivity index (χ2n) is 14.0. The summed E-state index contributed by atoms with van der Waals surface area (Å²) in [7, 11) is 0. The van der Waals surface area contributed by atoms with Crippen molar-refractivity contribution < 1.29 is 13.8 Å². The van der Waals surface area contributed by atoms with Crippen molar-refractivity contribution in [3.63, 3.8) is 0 Å². The number of hydrogen-bond acceptors (Lipinski definition) is 3. The molecule has 0 fully saturated rings. The van der Waals surface area contributed by atoms with Crippen molar-refractivity contribution in [2.75, 3.05) is 0 Å². The van der Waals surface area contributed by atoms with Gasteiger partial charge in [-0.05, 0) is 82.9 Å². The summed E-state index contributed by atoms with van der Waals surface area (Å²) in [6.45, 7) is -0.328. The Bertz CT molecular complexity index is 3100. The van der Waals surface area contributed by atoms with Crippen molar-refractivity contribution in [3.05, 3.63) is 170 Å². The molecule has 2 aromatic heterocycles. The maximum Gasteiger partial charge on any atom is 0.434 e. The summed E-state index contributed by atoms with van der Waals surface area (Å²) in [5, 5.41) is 4.72. The van der Waals surface area contributed by atoms with E-state index in [9.17, 15) is 0 Å². The summed E-state index contributed by atoms with van der Waals surface area (Å²) in [6, 6.07) is 60.0. The highest BCUT2D eigenvalue weighted by molar-refractivity contribution is 6.84. The van der Waals surface area contributed by atoms with Crippen LogP contribution in [0, 0.1) is 0 Å². The number of para-hydroxylation sites is 5. The van der Waals surface area contributed by atoms with E-state index in [-0.39, 0.29) is 6.92 Å². The molecule has 0 atom stereocenters. The Morgan fingerprint density at radius 3 is 1.94 bits per heavy atom. The average Bonchev–Trinajstić information content (AvgIpc) is 3.76. The molecule has 8 aromatic carbocycles. The van der Waals surface area contributed by atoms with Gasteiger partial charge in [-0.3, -0.25) is 0 Å². The van der Waals surface area contributed by atoms with Crippen LogP contribution >= 0.6 is 0 Å². The summed E-state index contributed by atoms with van der Waals surface area (Å²) in [4.78, 5) is 0. The van der Waals surface area contributed by atoms with E-state index < -0.39 is 0 Å². The highest BCUT2D eigenvalue weighted by Crippen LogP contribution is 2.43. The zero-order valence-electron chi connectivity index (χ0n) is 28.4. The van der Waals surface area contributed by atoms with Gasteiger partial charge < -0.3 is 18.4 Å². The first-order valence-corrected chi connectivity index (χ1v) is 18.0. The largest absolute Gasteiger partial charge is 0.551 e. The van der Waals surface area contributed by atoms with Gasteiger partial charge in [-0.15, -0.1) is 0 Å². The summed E-state index contributed by atoms with van der Waals surface area (Å²) < 4.78 is 22.4. The molecule has 0 amide bonds. The molecule has 0 spiro atoms. The highest BCUT2D eigenvalue weighted by atomic mass is 16.5. The van der Waals surface area contributed by atoms with Gasteiger partial charge in [0.15, 0.2) is 0 Å². The van der Waals surface area contributed by atoms with Crippen molar-refractivity contribution in [2.45, 2.75) is 0 Å². The molecule has 53 heavy (non-hydrogen) atoms. The Labute approximate surface area is 305 Å². The fourth-order valence-electron chi connectivity index (χ4n) is 8.70. The van der Waals surface area contributed by atoms with Gasteiger partial charge in [-0.1, -0.05) is 109 Å². The lowest BCUT2D eigenvalue weighted by atomic mass is 9.50. The number of aromatic nitrogens is 1. The molecular formula is C48H28BNO3. The average molecular weight is 678 g/mol. The quantitative estimate of drug-likeness (QED) is 0.175. The van der Waals surface area contributed by atoms with E-state index in [1.54, 1.807) is 0 Å². The lowest BCUT2D eigenvalue weighted by Gasteiger charge is -2.33. The SMILES string of the molecule is c1ccc2c(c1)OB1c3cc(-c4ccccc4-n4c5ccccc5c5ccccc54)ccc3Oc3cc(-c4ccc5c(c4)oc4ccccc45)cc-2c31. The van der Waals surface area contributed by atoms with Gasteiger partial charge in [0.25, 0.3) is 0 Å². The predicted octanol–water partition coefficient (Wildman–Crippen LogP) is 11.3. The molecule has 0 bridgehead atoms. The third kappa shape index (κ3) is 4.13. The van der Waals surface area contributed by atoms with Crippen molar-refractivity contribution in [1.82, 2.24) is 4.57 Å². The van der Waals surface area contributed by atoms with Crippen LogP contribution in [0.15, 0.2) is 174 Å². The maximum atomic E-state index is 6.91. The predicted molar refractivity (Wildman–Crippen MR) is 217 cm³/mol. The summed E-state index contributed by atoms with van der Waals surface area (Å²) >= 11 is 0. The van der Waals surface area contributed by atoms with Gasteiger partial charge >= 0.3 is 6.92 Å². The number of ether oxygens (including phenoxy) is 1. The Balaban J connectivity index is 1.02. The molecule has 2 aliphatic rings. The molecular weight excluding hydrogens is 649 g/mol. The van der Waals surface area contributed by atoms with Crippen LogP contribution in [0.2, 0.25) is 0 Å². The summed E-state index contributed by atoms with van der Waals surface area (Å²) in [5.74, 6) is 2.48. The molecule has 0 unspecified atom stereocenters. The van der Waals surface area contributed by atoms with Crippen LogP contribution in [-0.4, -0.2) is 11.5 Å². The van der Waals surface area contributed by atoms with Crippen molar-refractivity contribution in [1.29, 1.82) is 0 Å². The van der Waals surface area contributed by atoms with Crippen LogP contribution < -0.4 is 20.3 Å². The topological polar surface area (TPSA) is 36.5 Å². The lowest BCUT2D eigenvalue weighted by Crippen LogP contribution is -2.53. The Kier molecular flexibility index (Phi) is 5.83. The third-order valence-electron chi connectivity index (χ3n) is 11.1. The van der Waals surface area contributed by atoms with Crippen LogP contribution in [0.3, 0.4) is 0 Å². The van der Waals surface area contributed by atoms with Crippen LogP contribution in [0.5, 0.6) is 17.2 Å². The molecule has 4 heterocycles. The van der Waals surface area contributed by atoms with Crippen LogP contribution in [0.25, 0.3) is 82.8 Å². The van der Waals surface area contributed by atoms with Gasteiger partial charge in [0, 0.05) is 43.6 Å². The number of furan rings is 1. The molecule has 2 aliphatic heterocycles. The van der Waals surface area contributed by atoms with Crippen molar-refractivity contribution in [3.8, 4) is 56.3 Å². The fourth-order valence-corrected chi connectivity index (χ4v) is 8.70. The molecule has 4 nitrogen and oxygen atoms in total. The first kappa shape index (κ1) is 28.7. The van der Waals surface area contributed by atoms with Crippen molar-refractivity contribution >= 4 is 61.6 Å². The molecule has 0 radical (unpaired) electrons. The molecule has 0 saturated carbocycles. The monoisotopic (exact) mass is 677 g/mol. The normalized spacial score (nSPS) is 12.8. The highest BCUT2D eigenvalue weighted by Gasteiger charge is 2.41. The van der Waals surface area contributed by atoms with Gasteiger partial charge in [-0.25, -0.2) is 0 Å². The fraction of sp³-hybridized carbons (Fsp3) is 0. The van der Waals surface area contributed by atoms with Gasteiger partial charge in [-0.2, -0.15) is 0 Å². The van der Waals surface area contributed by atoms with E-state index in [1.165, 1.54) is 21.8 Å². The molecule has 0 N–H and O–H groups in total. The Morgan fingerprint density at radius 2 is 1.09 bits per heavy atom. The van der Waals surface area contributed by atoms with Gasteiger partial charge in [0.1, 0.15) is 28.4 Å². The zero-order chi connectivity index (χ0) is 34.6. The van der Waals surface area contributed by atoms with E-state index in [0.29, 0.717) is 0 Å². The van der Waals surface area contributed by atoms with E-state index >= 15 is 0 Å². The van der Waals surface area contributed by atoms with Gasteiger partial charge in [0.2, 0.25) is 0 Å². The molecule has 0 aliphatic carbocycles. The van der Waals surface area contributed by atoms with Crippen LogP contribution in [0.1, 0.15) is 0 Å². The summed E-state index contributed by atoms with van der Waals surface area (Å²) in [5.41, 5.74) is 13.9. The minimum absolute atomic E-state index is 0.328. The number of benzene rings is 8. The molecule has 10 aromatic rings. The first-order chi connectivity index (χ1) is 26.3. The Morgan fingerprint density at radius 1 is 0.415 bits per heavy atom. The van der Waals surface area contributed by atoms with E-state index in [2.05, 4.69) is 156 Å². The molecule has 5 heteroatoms. The number of nitrogens with zero attached hydrogens (tertiary/aromatic N) is 1. The van der Waals surface area contributed by atoms with Gasteiger partial charge in [0.05, 0.1) is 16.7 Å². The van der Waals surface area contributed by atoms with Crippen LogP contribution in [-0.2, 0) is 0 Å². The number of rotatable bonds is 3. The van der Waals surface area contributed by atoms with E-state index in [0.717, 1.165) is 89.2 Å². The third-order valence-corrected chi connectivity index (χ3v) is 11.1.